The van der Waals surface area contributed by atoms with Crippen LogP contribution in [0.25, 0.3) is 0 Å². The Balaban J connectivity index is 2.13. The van der Waals surface area contributed by atoms with Crippen molar-refractivity contribution in [2.75, 3.05) is 24.4 Å². The van der Waals surface area contributed by atoms with Gasteiger partial charge in [0, 0.05) is 11.9 Å². The molecule has 0 aliphatic carbocycles. The van der Waals surface area contributed by atoms with E-state index in [-0.39, 0.29) is 23.4 Å². The molecule has 138 valence electrons. The highest BCUT2D eigenvalue weighted by atomic mass is 16.5. The van der Waals surface area contributed by atoms with Crippen LogP contribution in [0.4, 0.5) is 11.4 Å². The number of esters is 1. The van der Waals surface area contributed by atoms with Crippen molar-refractivity contribution in [2.45, 2.75) is 6.92 Å². The number of rotatable bonds is 7. The molecule has 0 saturated heterocycles. The van der Waals surface area contributed by atoms with Crippen LogP contribution in [0.5, 0.6) is 5.75 Å². The van der Waals surface area contributed by atoms with E-state index in [0.717, 1.165) is 0 Å². The minimum Gasteiger partial charge on any atom is -0.497 e. The molecule has 2 aromatic rings. The van der Waals surface area contributed by atoms with Crippen molar-refractivity contribution in [2.24, 2.45) is 0 Å². The Morgan fingerprint density at radius 1 is 1.15 bits per heavy atom. The number of hydrogen-bond donors (Lipinski definition) is 2. The lowest BCUT2D eigenvalue weighted by Gasteiger charge is -2.10. The van der Waals surface area contributed by atoms with Crippen LogP contribution in [0, 0.1) is 11.3 Å². The maximum atomic E-state index is 12.4. The number of carbonyl (C=O) groups is 2. The minimum atomic E-state index is -0.643. The number of amides is 1. The summed E-state index contributed by atoms with van der Waals surface area (Å²) in [5.41, 5.74) is 1.02. The molecule has 0 saturated carbocycles. The number of ether oxygens (including phenoxy) is 2. The highest BCUT2D eigenvalue weighted by Gasteiger charge is 2.16. The molecular weight excluding hydrogens is 346 g/mol. The largest absolute Gasteiger partial charge is 0.497 e. The first kappa shape index (κ1) is 19.5. The van der Waals surface area contributed by atoms with Crippen LogP contribution in [0.2, 0.25) is 0 Å². The Hall–Kier alpha value is -3.79. The van der Waals surface area contributed by atoms with Gasteiger partial charge in [-0.05, 0) is 43.3 Å². The van der Waals surface area contributed by atoms with E-state index in [1.807, 2.05) is 6.07 Å². The molecule has 1 amide bonds. The zero-order chi connectivity index (χ0) is 19.6. The lowest BCUT2D eigenvalue weighted by atomic mass is 10.1. The maximum absolute atomic E-state index is 12.4. The average Bonchev–Trinajstić information content (AvgIpc) is 2.69. The second-order valence-electron chi connectivity index (χ2n) is 5.26. The van der Waals surface area contributed by atoms with Crippen LogP contribution in [0.15, 0.2) is 60.3 Å². The van der Waals surface area contributed by atoms with Crippen molar-refractivity contribution < 1.29 is 19.1 Å². The van der Waals surface area contributed by atoms with Crippen molar-refractivity contribution >= 4 is 23.3 Å². The zero-order valence-corrected chi connectivity index (χ0v) is 15.0. The molecule has 0 fully saturated rings. The molecule has 2 aromatic carbocycles. The number of carbonyl (C=O) groups excluding carboxylic acids is 2. The summed E-state index contributed by atoms with van der Waals surface area (Å²) in [6.45, 7) is 1.91. The molecule has 2 rings (SSSR count). The summed E-state index contributed by atoms with van der Waals surface area (Å²) in [6.07, 6.45) is 1.30. The molecule has 7 nitrogen and oxygen atoms in total. The molecule has 7 heteroatoms. The number of nitrogens with one attached hydrogen (secondary N) is 2. The molecule has 27 heavy (non-hydrogen) atoms. The van der Waals surface area contributed by atoms with Gasteiger partial charge in [0.25, 0.3) is 5.91 Å². The number of methoxy groups -OCH3 is 1. The molecule has 0 radical (unpaired) electrons. The van der Waals surface area contributed by atoms with Crippen LogP contribution in [-0.4, -0.2) is 25.6 Å². The molecule has 0 atom stereocenters. The smallest absolute Gasteiger partial charge is 0.340 e. The number of benzene rings is 2. The summed E-state index contributed by atoms with van der Waals surface area (Å²) in [7, 11) is 1.56. The summed E-state index contributed by atoms with van der Waals surface area (Å²) in [5.74, 6) is -0.499. The van der Waals surface area contributed by atoms with E-state index in [9.17, 15) is 14.9 Å². The third kappa shape index (κ3) is 5.34. The Kier molecular flexibility index (Phi) is 6.97. The molecule has 0 heterocycles. The van der Waals surface area contributed by atoms with Gasteiger partial charge in [-0.15, -0.1) is 0 Å². The van der Waals surface area contributed by atoms with Gasteiger partial charge in [-0.2, -0.15) is 5.26 Å². The van der Waals surface area contributed by atoms with Gasteiger partial charge >= 0.3 is 5.97 Å². The highest BCUT2D eigenvalue weighted by molar-refractivity contribution is 6.09. The molecule has 0 aliphatic rings. The number of nitrogens with zero attached hydrogens (tertiary/aromatic N) is 1. The zero-order valence-electron chi connectivity index (χ0n) is 15.0. The quantitative estimate of drug-likeness (QED) is 0.443. The third-order valence-electron chi connectivity index (χ3n) is 3.51. The molecule has 0 aromatic heterocycles. The Morgan fingerprint density at radius 2 is 1.85 bits per heavy atom. The third-order valence-corrected chi connectivity index (χ3v) is 3.51. The Bertz CT molecular complexity index is 883. The van der Waals surface area contributed by atoms with Crippen LogP contribution in [-0.2, 0) is 9.53 Å². The van der Waals surface area contributed by atoms with E-state index in [0.29, 0.717) is 11.4 Å². The predicted molar refractivity (Wildman–Crippen MR) is 101 cm³/mol. The number of anilines is 2. The van der Waals surface area contributed by atoms with Gasteiger partial charge in [-0.1, -0.05) is 12.1 Å². The van der Waals surface area contributed by atoms with Crippen molar-refractivity contribution in [1.82, 2.24) is 0 Å². The van der Waals surface area contributed by atoms with Crippen molar-refractivity contribution in [3.8, 4) is 11.8 Å². The SMILES string of the molecule is CCOC(=O)c1ccccc1NC(=O)/C(C#N)=C\Nc1ccc(OC)cc1. The number of hydrogen-bond acceptors (Lipinski definition) is 6. The first-order valence-electron chi connectivity index (χ1n) is 8.17. The van der Waals surface area contributed by atoms with Gasteiger partial charge in [-0.3, -0.25) is 4.79 Å². The summed E-state index contributed by atoms with van der Waals surface area (Å²) >= 11 is 0. The van der Waals surface area contributed by atoms with Gasteiger partial charge in [0.15, 0.2) is 0 Å². The monoisotopic (exact) mass is 365 g/mol. The van der Waals surface area contributed by atoms with Gasteiger partial charge in [0.05, 0.1) is 25.0 Å². The van der Waals surface area contributed by atoms with E-state index in [2.05, 4.69) is 10.6 Å². The van der Waals surface area contributed by atoms with E-state index in [1.165, 1.54) is 6.20 Å². The second kappa shape index (κ2) is 9.63. The fraction of sp³-hybridized carbons (Fsp3) is 0.150. The molecule has 2 N–H and O–H groups in total. The van der Waals surface area contributed by atoms with Crippen molar-refractivity contribution in [3.05, 3.63) is 65.9 Å². The summed E-state index contributed by atoms with van der Waals surface area (Å²) in [4.78, 5) is 24.4. The molecule has 0 aliphatic heterocycles. The molecular formula is C20H19N3O4. The van der Waals surface area contributed by atoms with Crippen molar-refractivity contribution in [1.29, 1.82) is 5.26 Å². The van der Waals surface area contributed by atoms with Crippen molar-refractivity contribution in [3.63, 3.8) is 0 Å². The standard InChI is InChI=1S/C20H19N3O4/c1-3-27-20(25)17-6-4-5-7-18(17)23-19(24)14(12-21)13-22-15-8-10-16(26-2)11-9-15/h4-11,13,22H,3H2,1-2H3,(H,23,24)/b14-13-. The van der Waals surface area contributed by atoms with Crippen LogP contribution in [0.3, 0.4) is 0 Å². The molecule has 0 spiro atoms. The van der Waals surface area contributed by atoms with Gasteiger partial charge in [0.1, 0.15) is 17.4 Å². The van der Waals surface area contributed by atoms with Gasteiger partial charge in [-0.25, -0.2) is 4.79 Å². The fourth-order valence-corrected chi connectivity index (χ4v) is 2.16. The molecule has 0 unspecified atom stereocenters. The van der Waals surface area contributed by atoms with E-state index >= 15 is 0 Å². The lowest BCUT2D eigenvalue weighted by molar-refractivity contribution is -0.112. The Morgan fingerprint density at radius 3 is 2.48 bits per heavy atom. The fourth-order valence-electron chi connectivity index (χ4n) is 2.16. The average molecular weight is 365 g/mol. The topological polar surface area (TPSA) is 100 Å². The Labute approximate surface area is 157 Å². The minimum absolute atomic E-state index is 0.149. The normalized spacial score (nSPS) is 10.5. The summed E-state index contributed by atoms with van der Waals surface area (Å²) in [5, 5.41) is 14.7. The lowest BCUT2D eigenvalue weighted by Crippen LogP contribution is -2.17. The number of nitriles is 1. The second-order valence-corrected chi connectivity index (χ2v) is 5.26. The number of para-hydroxylation sites is 1. The van der Waals surface area contributed by atoms with Gasteiger partial charge < -0.3 is 20.1 Å². The molecule has 0 bridgehead atoms. The van der Waals surface area contributed by atoms with E-state index < -0.39 is 11.9 Å². The first-order valence-corrected chi connectivity index (χ1v) is 8.17. The maximum Gasteiger partial charge on any atom is 0.340 e. The highest BCUT2D eigenvalue weighted by Crippen LogP contribution is 2.18. The van der Waals surface area contributed by atoms with Crippen LogP contribution in [0.1, 0.15) is 17.3 Å². The van der Waals surface area contributed by atoms with Crippen LogP contribution >= 0.6 is 0 Å². The van der Waals surface area contributed by atoms with Crippen LogP contribution < -0.4 is 15.4 Å². The predicted octanol–water partition coefficient (Wildman–Crippen LogP) is 3.33. The summed E-state index contributed by atoms with van der Waals surface area (Å²) in [6, 6.07) is 15.3. The first-order chi connectivity index (χ1) is 13.1. The summed E-state index contributed by atoms with van der Waals surface area (Å²) < 4.78 is 10.0. The van der Waals surface area contributed by atoms with E-state index in [4.69, 9.17) is 9.47 Å². The van der Waals surface area contributed by atoms with Gasteiger partial charge in [0.2, 0.25) is 0 Å². The van der Waals surface area contributed by atoms with E-state index in [1.54, 1.807) is 62.6 Å².